The van der Waals surface area contributed by atoms with E-state index in [-0.39, 0.29) is 17.7 Å². The topological polar surface area (TPSA) is 96.2 Å². The van der Waals surface area contributed by atoms with Crippen LogP contribution in [0.4, 0.5) is 11.9 Å². The van der Waals surface area contributed by atoms with Crippen LogP contribution in [0.2, 0.25) is 0 Å². The number of anilines is 2. The fraction of sp³-hybridized carbons (Fsp3) is 0.471. The summed E-state index contributed by atoms with van der Waals surface area (Å²) in [4.78, 5) is 41.7. The first kappa shape index (κ1) is 17.8. The zero-order valence-electron chi connectivity index (χ0n) is 15.3. The van der Waals surface area contributed by atoms with Crippen LogP contribution < -0.4 is 20.7 Å². The summed E-state index contributed by atoms with van der Waals surface area (Å²) in [5.41, 5.74) is -0.246. The normalized spacial score (nSPS) is 13.7. The zero-order valence-corrected chi connectivity index (χ0v) is 15.3. The molecule has 2 aromatic heterocycles. The van der Waals surface area contributed by atoms with E-state index in [1.54, 1.807) is 24.2 Å². The summed E-state index contributed by atoms with van der Waals surface area (Å²) in [6.45, 7) is 1.96. The van der Waals surface area contributed by atoms with Crippen LogP contribution in [0.3, 0.4) is 0 Å². The van der Waals surface area contributed by atoms with Crippen molar-refractivity contribution in [2.75, 3.05) is 37.0 Å². The molecule has 1 saturated heterocycles. The molecule has 0 spiro atoms. The van der Waals surface area contributed by atoms with Gasteiger partial charge in [0.25, 0.3) is 11.5 Å². The van der Waals surface area contributed by atoms with Crippen LogP contribution in [0.1, 0.15) is 29.0 Å². The lowest BCUT2D eigenvalue weighted by atomic mass is 10.2. The van der Waals surface area contributed by atoms with Crippen LogP contribution in [0.5, 0.6) is 0 Å². The predicted octanol–water partition coefficient (Wildman–Crippen LogP) is 0.167. The fourth-order valence-corrected chi connectivity index (χ4v) is 2.76. The molecule has 1 fully saturated rings. The van der Waals surface area contributed by atoms with Gasteiger partial charge in [0, 0.05) is 40.4 Å². The standard InChI is InChI=1S/C17H23N7O2/c1-22(2)16-19-13(20-17(21-16)24-9-4-5-10-24)11-18-14(25)12-7-6-8-23(3)15(12)26/h6-8H,4-5,9-11H2,1-3H3,(H,18,25). The minimum atomic E-state index is -0.444. The van der Waals surface area contributed by atoms with Gasteiger partial charge in [-0.15, -0.1) is 0 Å². The smallest absolute Gasteiger partial charge is 0.263 e. The molecule has 0 atom stereocenters. The van der Waals surface area contributed by atoms with Gasteiger partial charge in [-0.05, 0) is 25.0 Å². The molecule has 1 aliphatic heterocycles. The Labute approximate surface area is 151 Å². The van der Waals surface area contributed by atoms with Gasteiger partial charge in [-0.1, -0.05) is 0 Å². The number of carbonyl (C=O) groups excluding carboxylic acids is 1. The van der Waals surface area contributed by atoms with Crippen molar-refractivity contribution in [3.8, 4) is 0 Å². The highest BCUT2D eigenvalue weighted by Gasteiger charge is 2.18. The second-order valence-electron chi connectivity index (χ2n) is 6.46. The van der Waals surface area contributed by atoms with Crippen molar-refractivity contribution in [1.82, 2.24) is 24.8 Å². The molecule has 0 aliphatic carbocycles. The minimum absolute atomic E-state index is 0.0941. The third kappa shape index (κ3) is 3.81. The summed E-state index contributed by atoms with van der Waals surface area (Å²) in [6, 6.07) is 3.17. The number of amides is 1. The van der Waals surface area contributed by atoms with Gasteiger partial charge in [-0.25, -0.2) is 0 Å². The Morgan fingerprint density at radius 2 is 1.96 bits per heavy atom. The van der Waals surface area contributed by atoms with Gasteiger partial charge in [0.2, 0.25) is 11.9 Å². The van der Waals surface area contributed by atoms with Crippen LogP contribution in [0, 0.1) is 0 Å². The number of hydrogen-bond acceptors (Lipinski definition) is 7. The molecule has 3 heterocycles. The number of carbonyl (C=O) groups is 1. The number of pyridine rings is 1. The van der Waals surface area contributed by atoms with Gasteiger partial charge < -0.3 is 19.7 Å². The highest BCUT2D eigenvalue weighted by atomic mass is 16.2. The van der Waals surface area contributed by atoms with E-state index >= 15 is 0 Å². The summed E-state index contributed by atoms with van der Waals surface area (Å²) in [5.74, 6) is 1.19. The Bertz CT molecular complexity index is 856. The number of aryl methyl sites for hydroxylation is 1. The van der Waals surface area contributed by atoms with Crippen LogP contribution in [-0.4, -0.2) is 52.6 Å². The van der Waals surface area contributed by atoms with E-state index < -0.39 is 5.91 Å². The first-order valence-electron chi connectivity index (χ1n) is 8.57. The van der Waals surface area contributed by atoms with Gasteiger partial charge in [-0.2, -0.15) is 15.0 Å². The molecule has 1 N–H and O–H groups in total. The van der Waals surface area contributed by atoms with Crippen LogP contribution >= 0.6 is 0 Å². The number of nitrogens with one attached hydrogen (secondary N) is 1. The van der Waals surface area contributed by atoms with E-state index in [9.17, 15) is 9.59 Å². The Balaban J connectivity index is 1.79. The van der Waals surface area contributed by atoms with E-state index in [0.29, 0.717) is 17.7 Å². The number of hydrogen-bond donors (Lipinski definition) is 1. The fourth-order valence-electron chi connectivity index (χ4n) is 2.76. The average molecular weight is 357 g/mol. The molecule has 0 bridgehead atoms. The summed E-state index contributed by atoms with van der Waals surface area (Å²) in [5, 5.41) is 2.73. The lowest BCUT2D eigenvalue weighted by molar-refractivity contribution is 0.0948. The molecule has 138 valence electrons. The van der Waals surface area contributed by atoms with Crippen molar-refractivity contribution >= 4 is 17.8 Å². The Morgan fingerprint density at radius 1 is 1.23 bits per heavy atom. The average Bonchev–Trinajstić information content (AvgIpc) is 3.16. The monoisotopic (exact) mass is 357 g/mol. The summed E-state index contributed by atoms with van der Waals surface area (Å²) in [6.07, 6.45) is 3.84. The molecular weight excluding hydrogens is 334 g/mol. The number of rotatable bonds is 5. The molecular formula is C17H23N7O2. The van der Waals surface area contributed by atoms with E-state index in [1.165, 1.54) is 10.6 Å². The van der Waals surface area contributed by atoms with Crippen molar-refractivity contribution in [3.05, 3.63) is 40.1 Å². The first-order valence-corrected chi connectivity index (χ1v) is 8.57. The molecule has 0 saturated carbocycles. The molecule has 0 radical (unpaired) electrons. The molecule has 3 rings (SSSR count). The highest BCUT2D eigenvalue weighted by molar-refractivity contribution is 5.93. The van der Waals surface area contributed by atoms with Gasteiger partial charge in [0.05, 0.1) is 6.54 Å². The van der Waals surface area contributed by atoms with Crippen molar-refractivity contribution in [2.45, 2.75) is 19.4 Å². The van der Waals surface area contributed by atoms with E-state index in [4.69, 9.17) is 0 Å². The molecule has 26 heavy (non-hydrogen) atoms. The van der Waals surface area contributed by atoms with Crippen LogP contribution in [-0.2, 0) is 13.6 Å². The van der Waals surface area contributed by atoms with Crippen molar-refractivity contribution < 1.29 is 4.79 Å². The lowest BCUT2D eigenvalue weighted by Crippen LogP contribution is -2.32. The largest absolute Gasteiger partial charge is 0.347 e. The molecule has 1 amide bonds. The molecule has 9 heteroatoms. The quantitative estimate of drug-likeness (QED) is 0.814. The molecule has 1 aliphatic rings. The number of nitrogens with zero attached hydrogens (tertiary/aromatic N) is 6. The SMILES string of the molecule is CN(C)c1nc(CNC(=O)c2cccn(C)c2=O)nc(N2CCCC2)n1. The Hall–Kier alpha value is -2.97. The predicted molar refractivity (Wildman–Crippen MR) is 98.5 cm³/mol. The summed E-state index contributed by atoms with van der Waals surface area (Å²) in [7, 11) is 5.33. The third-order valence-electron chi connectivity index (χ3n) is 4.22. The summed E-state index contributed by atoms with van der Waals surface area (Å²) >= 11 is 0. The first-order chi connectivity index (χ1) is 12.5. The maximum atomic E-state index is 12.3. The molecule has 0 unspecified atom stereocenters. The molecule has 0 aromatic carbocycles. The third-order valence-corrected chi connectivity index (χ3v) is 4.22. The van der Waals surface area contributed by atoms with Crippen molar-refractivity contribution in [3.63, 3.8) is 0 Å². The Morgan fingerprint density at radius 3 is 2.65 bits per heavy atom. The maximum Gasteiger partial charge on any atom is 0.263 e. The van der Waals surface area contributed by atoms with Gasteiger partial charge in [0.15, 0.2) is 5.82 Å². The van der Waals surface area contributed by atoms with Gasteiger partial charge in [0.1, 0.15) is 5.56 Å². The van der Waals surface area contributed by atoms with E-state index in [0.717, 1.165) is 25.9 Å². The van der Waals surface area contributed by atoms with Crippen LogP contribution in [0.15, 0.2) is 23.1 Å². The van der Waals surface area contributed by atoms with Gasteiger partial charge in [-0.3, -0.25) is 9.59 Å². The molecule has 2 aromatic rings. The highest BCUT2D eigenvalue weighted by Crippen LogP contribution is 2.17. The Kier molecular flexibility index (Phi) is 5.15. The second-order valence-corrected chi connectivity index (χ2v) is 6.46. The van der Waals surface area contributed by atoms with Crippen molar-refractivity contribution in [1.29, 1.82) is 0 Å². The number of aromatic nitrogens is 4. The van der Waals surface area contributed by atoms with Gasteiger partial charge >= 0.3 is 0 Å². The van der Waals surface area contributed by atoms with E-state index in [1.807, 2.05) is 14.1 Å². The minimum Gasteiger partial charge on any atom is -0.347 e. The molecule has 9 nitrogen and oxygen atoms in total. The summed E-state index contributed by atoms with van der Waals surface area (Å²) < 4.78 is 1.37. The van der Waals surface area contributed by atoms with Crippen molar-refractivity contribution in [2.24, 2.45) is 7.05 Å². The van der Waals surface area contributed by atoms with E-state index in [2.05, 4.69) is 25.2 Å². The lowest BCUT2D eigenvalue weighted by Gasteiger charge is -2.18. The zero-order chi connectivity index (χ0) is 18.7. The van der Waals surface area contributed by atoms with Crippen LogP contribution in [0.25, 0.3) is 0 Å². The second kappa shape index (κ2) is 7.51. The maximum absolute atomic E-state index is 12.3.